The average molecular weight is 643 g/mol. The highest BCUT2D eigenvalue weighted by atomic mass is 32.2. The third kappa shape index (κ3) is 4.26. The molecule has 0 fully saturated rings. The Morgan fingerprint density at radius 1 is 0.449 bits per heavy atom. The van der Waals surface area contributed by atoms with Crippen molar-refractivity contribution < 1.29 is 0 Å². The van der Waals surface area contributed by atoms with E-state index in [1.807, 2.05) is 11.8 Å². The van der Waals surface area contributed by atoms with Gasteiger partial charge in [-0.05, 0) is 87.0 Å². The molecule has 49 heavy (non-hydrogen) atoms. The Bertz CT molecular complexity index is 2530. The van der Waals surface area contributed by atoms with Crippen LogP contribution in [0.1, 0.15) is 33.4 Å². The quantitative estimate of drug-likeness (QED) is 0.191. The highest BCUT2D eigenvalue weighted by molar-refractivity contribution is 7.99. The van der Waals surface area contributed by atoms with Crippen LogP contribution in [0.25, 0.3) is 51.4 Å². The predicted octanol–water partition coefficient (Wildman–Crippen LogP) is 11.7. The molecule has 0 saturated heterocycles. The van der Waals surface area contributed by atoms with Crippen molar-refractivity contribution >= 4 is 34.9 Å². The van der Waals surface area contributed by atoms with Gasteiger partial charge in [-0.2, -0.15) is 0 Å². The second-order valence-corrected chi connectivity index (χ2v) is 13.8. The number of benzene rings is 7. The first-order valence-electron chi connectivity index (χ1n) is 16.7. The molecule has 10 rings (SSSR count). The Balaban J connectivity index is 1.23. The fourth-order valence-electron chi connectivity index (χ4n) is 7.97. The van der Waals surface area contributed by atoms with Gasteiger partial charge < -0.3 is 0 Å². The van der Waals surface area contributed by atoms with Gasteiger partial charge in [0.25, 0.3) is 0 Å². The van der Waals surface area contributed by atoms with Crippen LogP contribution in [-0.4, -0.2) is 9.55 Å². The molecule has 0 N–H and O–H groups in total. The first-order valence-corrected chi connectivity index (χ1v) is 17.5. The maximum atomic E-state index is 5.27. The summed E-state index contributed by atoms with van der Waals surface area (Å²) in [4.78, 5) is 7.87. The van der Waals surface area contributed by atoms with Crippen molar-refractivity contribution in [3.05, 3.63) is 203 Å². The fourth-order valence-corrected chi connectivity index (χ4v) is 9.16. The molecular formula is C46H30N2S. The molecule has 3 heteroatoms. The smallest absolute Gasteiger partial charge is 0.145 e. The van der Waals surface area contributed by atoms with E-state index in [9.17, 15) is 0 Å². The van der Waals surface area contributed by atoms with E-state index in [1.54, 1.807) is 0 Å². The number of para-hydroxylation sites is 1. The second-order valence-electron chi connectivity index (χ2n) is 12.7. The summed E-state index contributed by atoms with van der Waals surface area (Å²) in [5, 5.41) is 0. The number of imidazole rings is 1. The molecule has 2 nitrogen and oxygen atoms in total. The Morgan fingerprint density at radius 2 is 1.02 bits per heavy atom. The van der Waals surface area contributed by atoms with Crippen molar-refractivity contribution in [1.29, 1.82) is 0 Å². The molecule has 0 saturated carbocycles. The van der Waals surface area contributed by atoms with Crippen LogP contribution in [0, 0.1) is 0 Å². The summed E-state index contributed by atoms with van der Waals surface area (Å²) in [5.74, 6) is 0.939. The van der Waals surface area contributed by atoms with Crippen LogP contribution >= 0.6 is 11.8 Å². The molecule has 7 aromatic carbocycles. The number of fused-ring (bicyclic) bond motifs is 9. The highest BCUT2D eigenvalue weighted by Crippen LogP contribution is 2.58. The predicted molar refractivity (Wildman–Crippen MR) is 203 cm³/mol. The lowest BCUT2D eigenvalue weighted by molar-refractivity contribution is 0.701. The third-order valence-corrected chi connectivity index (χ3v) is 11.3. The van der Waals surface area contributed by atoms with Gasteiger partial charge in [0.15, 0.2) is 0 Å². The Kier molecular flexibility index (Phi) is 6.37. The Hall–Kier alpha value is -5.90. The maximum Gasteiger partial charge on any atom is 0.145 e. The highest BCUT2D eigenvalue weighted by Gasteiger charge is 2.46. The molecule has 1 aromatic heterocycles. The molecule has 0 radical (unpaired) electrons. The van der Waals surface area contributed by atoms with E-state index in [0.29, 0.717) is 0 Å². The minimum atomic E-state index is -0.483. The van der Waals surface area contributed by atoms with Crippen molar-refractivity contribution in [2.75, 3.05) is 0 Å². The third-order valence-electron chi connectivity index (χ3n) is 10.1. The molecule has 0 bridgehead atoms. The molecule has 0 atom stereocenters. The summed E-state index contributed by atoms with van der Waals surface area (Å²) in [6, 6.07) is 61.7. The van der Waals surface area contributed by atoms with E-state index in [2.05, 4.69) is 187 Å². The molecule has 0 amide bonds. The van der Waals surface area contributed by atoms with Crippen LogP contribution in [0.2, 0.25) is 0 Å². The molecule has 1 aliphatic carbocycles. The minimum absolute atomic E-state index is 0.483. The van der Waals surface area contributed by atoms with Crippen molar-refractivity contribution in [2.24, 2.45) is 0 Å². The van der Waals surface area contributed by atoms with Crippen molar-refractivity contribution in [3.63, 3.8) is 0 Å². The molecular weight excluding hydrogens is 613 g/mol. The monoisotopic (exact) mass is 642 g/mol. The van der Waals surface area contributed by atoms with Gasteiger partial charge in [-0.15, -0.1) is 0 Å². The van der Waals surface area contributed by atoms with Crippen LogP contribution in [-0.2, 0) is 5.41 Å². The summed E-state index contributed by atoms with van der Waals surface area (Å²) in [7, 11) is 0. The normalized spacial score (nSPS) is 13.7. The van der Waals surface area contributed by atoms with Crippen LogP contribution in [0.5, 0.6) is 0 Å². The molecule has 2 aliphatic rings. The number of hydrogen-bond donors (Lipinski definition) is 0. The van der Waals surface area contributed by atoms with Gasteiger partial charge in [0.05, 0.1) is 16.4 Å². The van der Waals surface area contributed by atoms with E-state index in [0.717, 1.165) is 33.7 Å². The van der Waals surface area contributed by atoms with Crippen molar-refractivity contribution in [2.45, 2.75) is 15.2 Å². The summed E-state index contributed by atoms with van der Waals surface area (Å²) in [5.41, 5.74) is 13.8. The summed E-state index contributed by atoms with van der Waals surface area (Å²) in [6.07, 6.45) is 4.60. The van der Waals surface area contributed by atoms with E-state index in [4.69, 9.17) is 4.98 Å². The zero-order valence-corrected chi connectivity index (χ0v) is 27.4. The first-order chi connectivity index (χ1) is 24.3. The number of hydrogen-bond acceptors (Lipinski definition) is 2. The van der Waals surface area contributed by atoms with E-state index < -0.39 is 5.41 Å². The minimum Gasteiger partial charge on any atom is -0.292 e. The molecule has 0 unspecified atom stereocenters. The average Bonchev–Trinajstić information content (AvgIpc) is 3.49. The van der Waals surface area contributed by atoms with E-state index >= 15 is 0 Å². The molecule has 8 aromatic rings. The fraction of sp³-hybridized carbons (Fsp3) is 0.0217. The SMILES string of the molecule is C1=Cc2ccc(-c3ccc4c(c3)nc(-c3ccccc3)n4-c3ccccc3)cc2C2(c3ccccc31)c1ccccc1Sc1ccccc12. The van der Waals surface area contributed by atoms with Gasteiger partial charge in [0.2, 0.25) is 0 Å². The van der Waals surface area contributed by atoms with Crippen LogP contribution < -0.4 is 0 Å². The summed E-state index contributed by atoms with van der Waals surface area (Å²) in [6.45, 7) is 0. The Morgan fingerprint density at radius 3 is 1.76 bits per heavy atom. The lowest BCUT2D eigenvalue weighted by Crippen LogP contribution is -2.35. The molecule has 1 aliphatic heterocycles. The van der Waals surface area contributed by atoms with Gasteiger partial charge in [-0.25, -0.2) is 4.98 Å². The first kappa shape index (κ1) is 28.1. The largest absolute Gasteiger partial charge is 0.292 e. The van der Waals surface area contributed by atoms with E-state index in [1.165, 1.54) is 48.7 Å². The van der Waals surface area contributed by atoms with Gasteiger partial charge in [-0.3, -0.25) is 4.57 Å². The van der Waals surface area contributed by atoms with Crippen LogP contribution in [0.15, 0.2) is 180 Å². The van der Waals surface area contributed by atoms with E-state index in [-0.39, 0.29) is 0 Å². The molecule has 230 valence electrons. The van der Waals surface area contributed by atoms with Crippen molar-refractivity contribution in [3.8, 4) is 28.2 Å². The van der Waals surface area contributed by atoms with Gasteiger partial charge in [0.1, 0.15) is 5.82 Å². The Labute approximate surface area is 290 Å². The zero-order valence-electron chi connectivity index (χ0n) is 26.6. The maximum absolute atomic E-state index is 5.27. The van der Waals surface area contributed by atoms with Gasteiger partial charge in [0, 0.05) is 21.0 Å². The standard InChI is InChI=1S/C46H30N2S/c1-3-14-33(15-4-1)45-47-41-30-35(27-28-42(41)48(45)36-16-5-2-6-17-36)34-26-25-32-24-23-31-13-7-8-18-37(31)46(40(32)29-34)38-19-9-11-21-43(38)49-44-22-12-10-20-39(44)46/h1-30H. The lowest BCUT2D eigenvalue weighted by Gasteiger charge is -2.42. The topological polar surface area (TPSA) is 17.8 Å². The molecule has 1 spiro atoms. The van der Waals surface area contributed by atoms with Crippen LogP contribution in [0.4, 0.5) is 0 Å². The molecule has 2 heterocycles. The number of rotatable bonds is 3. The summed E-state index contributed by atoms with van der Waals surface area (Å²) >= 11 is 1.88. The number of nitrogens with zero attached hydrogens (tertiary/aromatic N) is 2. The lowest BCUT2D eigenvalue weighted by atomic mass is 9.63. The second kappa shape index (κ2) is 11.1. The van der Waals surface area contributed by atoms with Gasteiger partial charge in [-0.1, -0.05) is 151 Å². The zero-order chi connectivity index (χ0) is 32.4. The van der Waals surface area contributed by atoms with Crippen molar-refractivity contribution in [1.82, 2.24) is 9.55 Å². The summed E-state index contributed by atoms with van der Waals surface area (Å²) < 4.78 is 2.27. The van der Waals surface area contributed by atoms with Crippen LogP contribution in [0.3, 0.4) is 0 Å². The number of aromatic nitrogens is 2. The van der Waals surface area contributed by atoms with Gasteiger partial charge >= 0.3 is 0 Å².